The summed E-state index contributed by atoms with van der Waals surface area (Å²) in [6, 6.07) is 0. The Hall–Kier alpha value is -1.36. The average Bonchev–Trinajstić information content (AvgIpc) is 2.23. The van der Waals surface area contributed by atoms with Gasteiger partial charge in [-0.1, -0.05) is 13.8 Å². The van der Waals surface area contributed by atoms with Crippen LogP contribution in [0.1, 0.15) is 13.8 Å². The van der Waals surface area contributed by atoms with Gasteiger partial charge in [-0.2, -0.15) is 0 Å². The highest BCUT2D eigenvalue weighted by Crippen LogP contribution is 2.12. The molecule has 5 nitrogen and oxygen atoms in total. The summed E-state index contributed by atoms with van der Waals surface area (Å²) in [6.07, 6.45) is 2.04. The lowest BCUT2D eigenvalue weighted by molar-refractivity contribution is -0.141. The van der Waals surface area contributed by atoms with E-state index in [1.807, 2.05) is 13.8 Å². The van der Waals surface area contributed by atoms with E-state index in [4.69, 9.17) is 10.5 Å². The molecule has 0 fully saturated rings. The molecule has 0 spiro atoms. The highest BCUT2D eigenvalue weighted by atomic mass is 16.5. The van der Waals surface area contributed by atoms with Crippen molar-refractivity contribution in [3.05, 3.63) is 12.2 Å². The Kier molecular flexibility index (Phi) is 5.62. The zero-order chi connectivity index (χ0) is 11.9. The summed E-state index contributed by atoms with van der Waals surface area (Å²) in [5.41, 5.74) is 5.20. The largest absolute Gasteiger partial charge is 0.466 e. The van der Waals surface area contributed by atoms with E-state index >= 15 is 0 Å². The fourth-order valence-corrected chi connectivity index (χ4v) is 0.578. The molecule has 5 heteroatoms. The van der Waals surface area contributed by atoms with Crippen molar-refractivity contribution in [3.63, 3.8) is 0 Å². The lowest BCUT2D eigenvalue weighted by atomic mass is 9.95. The molecule has 0 amide bonds. The van der Waals surface area contributed by atoms with Gasteiger partial charge in [-0.25, -0.2) is 9.59 Å². The van der Waals surface area contributed by atoms with Gasteiger partial charge in [-0.3, -0.25) is 0 Å². The molecule has 86 valence electrons. The highest BCUT2D eigenvalue weighted by Gasteiger charge is 2.17. The Morgan fingerprint density at radius 2 is 1.80 bits per heavy atom. The lowest BCUT2D eigenvalue weighted by Crippen LogP contribution is -2.29. The third-order valence-electron chi connectivity index (χ3n) is 1.71. The zero-order valence-corrected chi connectivity index (χ0v) is 9.28. The molecule has 0 rings (SSSR count). The van der Waals surface area contributed by atoms with E-state index in [2.05, 4.69) is 4.74 Å². The number of ether oxygens (including phenoxy) is 2. The summed E-state index contributed by atoms with van der Waals surface area (Å²) in [5, 5.41) is 0. The SMILES string of the molecule is COC(=O)/C=C/C(=O)OCC(C)(C)CN. The van der Waals surface area contributed by atoms with Gasteiger partial charge in [0.05, 0.1) is 13.7 Å². The fourth-order valence-electron chi connectivity index (χ4n) is 0.578. The van der Waals surface area contributed by atoms with Gasteiger partial charge in [-0.05, 0) is 0 Å². The number of hydrogen-bond donors (Lipinski definition) is 1. The van der Waals surface area contributed by atoms with Gasteiger partial charge >= 0.3 is 11.9 Å². The van der Waals surface area contributed by atoms with Crippen LogP contribution in [0.15, 0.2) is 12.2 Å². The number of methoxy groups -OCH3 is 1. The molecule has 0 bridgehead atoms. The van der Waals surface area contributed by atoms with Gasteiger partial charge in [0, 0.05) is 24.1 Å². The van der Waals surface area contributed by atoms with Crippen molar-refractivity contribution in [2.24, 2.45) is 11.1 Å². The molecule has 0 heterocycles. The van der Waals surface area contributed by atoms with Crippen LogP contribution in [0.3, 0.4) is 0 Å². The monoisotopic (exact) mass is 215 g/mol. The van der Waals surface area contributed by atoms with Crippen LogP contribution in [0.25, 0.3) is 0 Å². The van der Waals surface area contributed by atoms with Crippen molar-refractivity contribution < 1.29 is 19.1 Å². The van der Waals surface area contributed by atoms with Crippen molar-refractivity contribution in [2.45, 2.75) is 13.8 Å². The quantitative estimate of drug-likeness (QED) is 0.525. The van der Waals surface area contributed by atoms with Crippen LogP contribution < -0.4 is 5.73 Å². The molecule has 0 aliphatic heterocycles. The van der Waals surface area contributed by atoms with Gasteiger partial charge in [-0.15, -0.1) is 0 Å². The molecule has 0 saturated heterocycles. The average molecular weight is 215 g/mol. The minimum Gasteiger partial charge on any atom is -0.466 e. The summed E-state index contributed by atoms with van der Waals surface area (Å²) in [6.45, 7) is 4.39. The molecular weight excluding hydrogens is 198 g/mol. The predicted molar refractivity (Wildman–Crippen MR) is 55.0 cm³/mol. The van der Waals surface area contributed by atoms with Crippen LogP contribution in [0.5, 0.6) is 0 Å². The smallest absolute Gasteiger partial charge is 0.331 e. The van der Waals surface area contributed by atoms with Gasteiger partial charge in [0.25, 0.3) is 0 Å². The van der Waals surface area contributed by atoms with E-state index < -0.39 is 11.9 Å². The summed E-state index contributed by atoms with van der Waals surface area (Å²) in [4.78, 5) is 21.7. The van der Waals surface area contributed by atoms with Gasteiger partial charge in [0.1, 0.15) is 0 Å². The Bertz CT molecular complexity index is 258. The third kappa shape index (κ3) is 6.68. The molecule has 0 atom stereocenters. The third-order valence-corrected chi connectivity index (χ3v) is 1.71. The minimum absolute atomic E-state index is 0.216. The summed E-state index contributed by atoms with van der Waals surface area (Å²) < 4.78 is 9.19. The molecule has 0 saturated carbocycles. The molecule has 0 aromatic carbocycles. The molecule has 0 aliphatic rings. The van der Waals surface area contributed by atoms with Crippen LogP contribution in [0, 0.1) is 5.41 Å². The Labute approximate surface area is 89.2 Å². The van der Waals surface area contributed by atoms with Gasteiger partial charge < -0.3 is 15.2 Å². The van der Waals surface area contributed by atoms with E-state index in [9.17, 15) is 9.59 Å². The molecular formula is C10H17NO4. The normalized spacial score (nSPS) is 11.5. The first-order valence-corrected chi connectivity index (χ1v) is 4.54. The van der Waals surface area contributed by atoms with Crippen molar-refractivity contribution in [1.29, 1.82) is 0 Å². The van der Waals surface area contributed by atoms with E-state index in [0.29, 0.717) is 6.54 Å². The topological polar surface area (TPSA) is 78.6 Å². The molecule has 0 unspecified atom stereocenters. The first-order valence-electron chi connectivity index (χ1n) is 4.54. The van der Waals surface area contributed by atoms with Crippen LogP contribution in [0.4, 0.5) is 0 Å². The van der Waals surface area contributed by atoms with Crippen molar-refractivity contribution in [1.82, 2.24) is 0 Å². The number of rotatable bonds is 5. The van der Waals surface area contributed by atoms with Crippen LogP contribution in [-0.4, -0.2) is 32.2 Å². The number of esters is 2. The fraction of sp³-hybridized carbons (Fsp3) is 0.600. The molecule has 0 aromatic heterocycles. The number of hydrogen-bond acceptors (Lipinski definition) is 5. The standard InChI is InChI=1S/C10H17NO4/c1-10(2,6-11)7-15-9(13)5-4-8(12)14-3/h4-5H,6-7,11H2,1-3H3/b5-4+. The number of carbonyl (C=O) groups excluding carboxylic acids is 2. The van der Waals surface area contributed by atoms with Crippen molar-refractivity contribution in [3.8, 4) is 0 Å². The summed E-state index contributed by atoms with van der Waals surface area (Å²) in [5.74, 6) is -1.17. The highest BCUT2D eigenvalue weighted by molar-refractivity contribution is 5.91. The van der Waals surface area contributed by atoms with Crippen LogP contribution in [0.2, 0.25) is 0 Å². The molecule has 0 aromatic rings. The van der Waals surface area contributed by atoms with Gasteiger partial charge in [0.2, 0.25) is 0 Å². The maximum absolute atomic E-state index is 11.1. The Balaban J connectivity index is 3.96. The second kappa shape index (κ2) is 6.19. The van der Waals surface area contributed by atoms with Crippen molar-refractivity contribution in [2.75, 3.05) is 20.3 Å². The lowest BCUT2D eigenvalue weighted by Gasteiger charge is -2.20. The van der Waals surface area contributed by atoms with E-state index in [0.717, 1.165) is 12.2 Å². The van der Waals surface area contributed by atoms with E-state index in [-0.39, 0.29) is 12.0 Å². The van der Waals surface area contributed by atoms with E-state index in [1.165, 1.54) is 7.11 Å². The predicted octanol–water partition coefficient (Wildman–Crippen LogP) is 0.244. The Morgan fingerprint density at radius 3 is 2.27 bits per heavy atom. The number of nitrogens with two attached hydrogens (primary N) is 1. The molecule has 2 N–H and O–H groups in total. The maximum atomic E-state index is 11.1. The number of carbonyl (C=O) groups is 2. The zero-order valence-electron chi connectivity index (χ0n) is 9.28. The molecule has 0 aliphatic carbocycles. The minimum atomic E-state index is -0.593. The second-order valence-corrected chi connectivity index (χ2v) is 3.83. The van der Waals surface area contributed by atoms with Crippen molar-refractivity contribution >= 4 is 11.9 Å². The molecule has 15 heavy (non-hydrogen) atoms. The second-order valence-electron chi connectivity index (χ2n) is 3.83. The summed E-state index contributed by atoms with van der Waals surface area (Å²) in [7, 11) is 1.23. The first-order chi connectivity index (χ1) is 6.91. The van der Waals surface area contributed by atoms with Gasteiger partial charge in [0.15, 0.2) is 0 Å². The van der Waals surface area contributed by atoms with Crippen LogP contribution >= 0.6 is 0 Å². The Morgan fingerprint density at radius 1 is 1.27 bits per heavy atom. The van der Waals surface area contributed by atoms with E-state index in [1.54, 1.807) is 0 Å². The first kappa shape index (κ1) is 13.6. The maximum Gasteiger partial charge on any atom is 0.331 e. The van der Waals surface area contributed by atoms with Crippen LogP contribution in [-0.2, 0) is 19.1 Å². The summed E-state index contributed by atoms with van der Waals surface area (Å²) >= 11 is 0. The molecule has 0 radical (unpaired) electrons.